The van der Waals surface area contributed by atoms with E-state index in [9.17, 15) is 9.90 Å². The average molecular weight is 322 g/mol. The van der Waals surface area contributed by atoms with Crippen molar-refractivity contribution in [2.45, 2.75) is 13.5 Å². The van der Waals surface area contributed by atoms with Crippen molar-refractivity contribution in [3.8, 4) is 5.69 Å². The number of nitrogens with zero attached hydrogens (tertiary/aromatic N) is 4. The van der Waals surface area contributed by atoms with E-state index in [0.717, 1.165) is 16.8 Å². The van der Waals surface area contributed by atoms with Crippen molar-refractivity contribution < 1.29 is 9.90 Å². The predicted octanol–water partition coefficient (Wildman–Crippen LogP) is 2.91. The highest BCUT2D eigenvalue weighted by atomic mass is 16.4. The molecule has 0 amide bonds. The normalized spacial score (nSPS) is 10.6. The zero-order valence-corrected chi connectivity index (χ0v) is 13.5. The summed E-state index contributed by atoms with van der Waals surface area (Å²) in [4.78, 5) is 14.7. The van der Waals surface area contributed by atoms with E-state index in [1.165, 1.54) is 4.80 Å². The zero-order chi connectivity index (χ0) is 17.1. The van der Waals surface area contributed by atoms with E-state index in [-0.39, 0.29) is 5.69 Å². The molecule has 6 heteroatoms. The fraction of sp³-hybridized carbons (Fsp3) is 0.167. The van der Waals surface area contributed by atoms with Gasteiger partial charge >= 0.3 is 5.97 Å². The summed E-state index contributed by atoms with van der Waals surface area (Å²) >= 11 is 0. The topological polar surface area (TPSA) is 71.2 Å². The number of hydrogen-bond donors (Lipinski definition) is 1. The lowest BCUT2D eigenvalue weighted by Crippen LogP contribution is -2.19. The third-order valence-corrected chi connectivity index (χ3v) is 3.69. The van der Waals surface area contributed by atoms with Crippen LogP contribution < -0.4 is 4.90 Å². The maximum Gasteiger partial charge on any atom is 0.360 e. The molecule has 0 spiro atoms. The molecular weight excluding hydrogens is 304 g/mol. The highest BCUT2D eigenvalue weighted by molar-refractivity contribution is 5.90. The number of hydrogen-bond acceptors (Lipinski definition) is 4. The molecule has 122 valence electrons. The SMILES string of the molecule is Cc1ccc(-n2nc(C(=O)O)c(N(C)Cc3ccccc3)n2)cc1. The highest BCUT2D eigenvalue weighted by Crippen LogP contribution is 2.19. The van der Waals surface area contributed by atoms with Crippen molar-refractivity contribution in [2.75, 3.05) is 11.9 Å². The van der Waals surface area contributed by atoms with E-state index in [1.807, 2.05) is 68.6 Å². The quantitative estimate of drug-likeness (QED) is 0.782. The van der Waals surface area contributed by atoms with Gasteiger partial charge in [-0.2, -0.15) is 0 Å². The summed E-state index contributed by atoms with van der Waals surface area (Å²) in [6.07, 6.45) is 0. The van der Waals surface area contributed by atoms with E-state index in [4.69, 9.17) is 0 Å². The van der Waals surface area contributed by atoms with E-state index in [1.54, 1.807) is 4.90 Å². The second-order valence-corrected chi connectivity index (χ2v) is 5.64. The minimum absolute atomic E-state index is 0.0611. The van der Waals surface area contributed by atoms with Crippen LogP contribution in [0.2, 0.25) is 0 Å². The largest absolute Gasteiger partial charge is 0.476 e. The molecule has 6 nitrogen and oxygen atoms in total. The smallest absolute Gasteiger partial charge is 0.360 e. The average Bonchev–Trinajstić information content (AvgIpc) is 3.02. The molecule has 24 heavy (non-hydrogen) atoms. The van der Waals surface area contributed by atoms with Gasteiger partial charge in [0.15, 0.2) is 5.82 Å². The molecule has 0 aliphatic carbocycles. The van der Waals surface area contributed by atoms with Gasteiger partial charge in [-0.25, -0.2) is 4.79 Å². The Labute approximate surface area is 140 Å². The highest BCUT2D eigenvalue weighted by Gasteiger charge is 2.21. The van der Waals surface area contributed by atoms with Gasteiger partial charge in [-0.1, -0.05) is 48.0 Å². The predicted molar refractivity (Wildman–Crippen MR) is 91.6 cm³/mol. The number of aromatic nitrogens is 3. The Morgan fingerprint density at radius 3 is 2.38 bits per heavy atom. The Balaban J connectivity index is 1.94. The Morgan fingerprint density at radius 1 is 1.08 bits per heavy atom. The molecule has 0 aliphatic heterocycles. The van der Waals surface area contributed by atoms with Crippen molar-refractivity contribution >= 4 is 11.8 Å². The Morgan fingerprint density at radius 2 is 1.75 bits per heavy atom. The number of aromatic carboxylic acids is 1. The summed E-state index contributed by atoms with van der Waals surface area (Å²) < 4.78 is 0. The van der Waals surface area contributed by atoms with E-state index >= 15 is 0 Å². The van der Waals surface area contributed by atoms with Crippen LogP contribution in [0.25, 0.3) is 5.69 Å². The van der Waals surface area contributed by atoms with Gasteiger partial charge in [0, 0.05) is 13.6 Å². The molecule has 0 fully saturated rings. The number of carboxylic acid groups (broad SMARTS) is 1. The lowest BCUT2D eigenvalue weighted by Gasteiger charge is -2.16. The molecule has 0 saturated carbocycles. The van der Waals surface area contributed by atoms with Gasteiger partial charge in [0.1, 0.15) is 0 Å². The van der Waals surface area contributed by atoms with Gasteiger partial charge in [0.05, 0.1) is 5.69 Å². The molecule has 0 unspecified atom stereocenters. The van der Waals surface area contributed by atoms with Crippen LogP contribution in [0.4, 0.5) is 5.82 Å². The van der Waals surface area contributed by atoms with Crippen LogP contribution in [-0.2, 0) is 6.54 Å². The van der Waals surface area contributed by atoms with Crippen LogP contribution in [-0.4, -0.2) is 33.1 Å². The fourth-order valence-electron chi connectivity index (χ4n) is 2.42. The van der Waals surface area contributed by atoms with Crippen molar-refractivity contribution in [3.05, 3.63) is 71.4 Å². The van der Waals surface area contributed by atoms with Crippen molar-refractivity contribution in [1.29, 1.82) is 0 Å². The van der Waals surface area contributed by atoms with E-state index in [2.05, 4.69) is 10.2 Å². The molecule has 0 bridgehead atoms. The van der Waals surface area contributed by atoms with Crippen LogP contribution in [0, 0.1) is 6.92 Å². The monoisotopic (exact) mass is 322 g/mol. The first-order valence-corrected chi connectivity index (χ1v) is 7.57. The second kappa shape index (κ2) is 6.54. The molecule has 0 atom stereocenters. The number of benzene rings is 2. The molecule has 1 N–H and O–H groups in total. The van der Waals surface area contributed by atoms with Crippen LogP contribution in [0.3, 0.4) is 0 Å². The van der Waals surface area contributed by atoms with E-state index in [0.29, 0.717) is 12.4 Å². The van der Waals surface area contributed by atoms with Crippen LogP contribution >= 0.6 is 0 Å². The summed E-state index contributed by atoms with van der Waals surface area (Å²) in [6, 6.07) is 17.4. The van der Waals surface area contributed by atoms with E-state index < -0.39 is 5.97 Å². The van der Waals surface area contributed by atoms with Crippen LogP contribution in [0.15, 0.2) is 54.6 Å². The fourth-order valence-corrected chi connectivity index (χ4v) is 2.42. The minimum Gasteiger partial charge on any atom is -0.476 e. The summed E-state index contributed by atoms with van der Waals surface area (Å²) in [7, 11) is 1.81. The standard InChI is InChI=1S/C18H18N4O2/c1-13-8-10-15(11-9-13)22-19-16(18(23)24)17(20-22)21(2)12-14-6-4-3-5-7-14/h3-11H,12H2,1-2H3,(H,23,24). The maximum absolute atomic E-state index is 11.5. The molecule has 1 aromatic heterocycles. The van der Waals surface area contributed by atoms with Crippen LogP contribution in [0.1, 0.15) is 21.6 Å². The Hall–Kier alpha value is -3.15. The molecule has 2 aromatic carbocycles. The van der Waals surface area contributed by atoms with Gasteiger partial charge in [-0.05, 0) is 24.6 Å². The third kappa shape index (κ3) is 3.27. The Bertz CT molecular complexity index is 841. The zero-order valence-electron chi connectivity index (χ0n) is 13.5. The van der Waals surface area contributed by atoms with Crippen molar-refractivity contribution in [3.63, 3.8) is 0 Å². The summed E-state index contributed by atoms with van der Waals surface area (Å²) in [5.41, 5.74) is 2.85. The first kappa shape index (κ1) is 15.7. The molecule has 0 saturated heterocycles. The molecular formula is C18H18N4O2. The number of carbonyl (C=O) groups is 1. The number of anilines is 1. The summed E-state index contributed by atoms with van der Waals surface area (Å²) in [5, 5.41) is 18.0. The number of carboxylic acids is 1. The first-order chi connectivity index (χ1) is 11.5. The molecule has 1 heterocycles. The van der Waals surface area contributed by atoms with Gasteiger partial charge in [-0.15, -0.1) is 15.0 Å². The summed E-state index contributed by atoms with van der Waals surface area (Å²) in [5.74, 6) is -0.754. The molecule has 0 aliphatic rings. The summed E-state index contributed by atoms with van der Waals surface area (Å²) in [6.45, 7) is 2.54. The maximum atomic E-state index is 11.5. The van der Waals surface area contributed by atoms with Gasteiger partial charge in [0.25, 0.3) is 0 Å². The van der Waals surface area contributed by atoms with Crippen LogP contribution in [0.5, 0.6) is 0 Å². The Kier molecular flexibility index (Phi) is 4.29. The van der Waals surface area contributed by atoms with Gasteiger partial charge in [-0.3, -0.25) is 0 Å². The molecule has 3 rings (SSSR count). The van der Waals surface area contributed by atoms with Crippen molar-refractivity contribution in [2.24, 2.45) is 0 Å². The minimum atomic E-state index is -1.09. The number of rotatable bonds is 5. The molecule has 3 aromatic rings. The van der Waals surface area contributed by atoms with Gasteiger partial charge in [0.2, 0.25) is 5.69 Å². The molecule has 0 radical (unpaired) electrons. The second-order valence-electron chi connectivity index (χ2n) is 5.64. The number of aryl methyl sites for hydroxylation is 1. The lowest BCUT2D eigenvalue weighted by molar-refractivity contribution is 0.0690. The third-order valence-electron chi connectivity index (χ3n) is 3.69. The van der Waals surface area contributed by atoms with Crippen molar-refractivity contribution in [1.82, 2.24) is 15.0 Å². The first-order valence-electron chi connectivity index (χ1n) is 7.57. The lowest BCUT2D eigenvalue weighted by atomic mass is 10.2. The van der Waals surface area contributed by atoms with Gasteiger partial charge < -0.3 is 10.0 Å².